The molecule has 0 saturated carbocycles. The van der Waals surface area contributed by atoms with Gasteiger partial charge in [-0.3, -0.25) is 0 Å². The smallest absolute Gasteiger partial charge is 0.408 e. The summed E-state index contributed by atoms with van der Waals surface area (Å²) in [6, 6.07) is 22.8. The normalized spacial score (nSPS) is 11.8. The van der Waals surface area contributed by atoms with Crippen LogP contribution >= 0.6 is 0 Å². The Kier molecular flexibility index (Phi) is 9.16. The number of benzene rings is 3. The van der Waals surface area contributed by atoms with Crippen molar-refractivity contribution in [2.24, 2.45) is 0 Å². The molecular weight excluding hydrogens is 462 g/mol. The van der Waals surface area contributed by atoms with Crippen molar-refractivity contribution in [2.45, 2.75) is 38.8 Å². The van der Waals surface area contributed by atoms with Crippen molar-refractivity contribution in [3.05, 3.63) is 84.4 Å². The molecule has 3 aromatic rings. The number of ether oxygens (including phenoxy) is 4. The van der Waals surface area contributed by atoms with Gasteiger partial charge in [0.05, 0.1) is 0 Å². The van der Waals surface area contributed by atoms with Gasteiger partial charge in [-0.2, -0.15) is 0 Å². The third kappa shape index (κ3) is 9.21. The predicted octanol–water partition coefficient (Wildman–Crippen LogP) is 5.46. The number of carbonyl (C=O) groups excluding carboxylic acids is 1. The number of rotatable bonds is 11. The first-order chi connectivity index (χ1) is 17.2. The SMILES string of the molecule is CC(C)(C)OC(=O)N[C@@H](Cc1ccc(OCCOc2ccc(Oc3ccccc3)cc2)cc1)C(=O)O. The number of alkyl carbamates (subject to hydrolysis) is 1. The highest BCUT2D eigenvalue weighted by molar-refractivity contribution is 5.80. The van der Waals surface area contributed by atoms with E-state index in [0.29, 0.717) is 24.7 Å². The molecule has 36 heavy (non-hydrogen) atoms. The van der Waals surface area contributed by atoms with Gasteiger partial charge in [0.15, 0.2) is 0 Å². The molecule has 0 saturated heterocycles. The highest BCUT2D eigenvalue weighted by atomic mass is 16.6. The highest BCUT2D eigenvalue weighted by Crippen LogP contribution is 2.23. The van der Waals surface area contributed by atoms with Crippen molar-refractivity contribution in [2.75, 3.05) is 13.2 Å². The molecule has 0 fully saturated rings. The molecular formula is C28H31NO7. The minimum Gasteiger partial charge on any atom is -0.490 e. The van der Waals surface area contributed by atoms with E-state index in [-0.39, 0.29) is 6.42 Å². The summed E-state index contributed by atoms with van der Waals surface area (Å²) in [5.41, 5.74) is 0.0238. The van der Waals surface area contributed by atoms with Gasteiger partial charge >= 0.3 is 12.1 Å². The maximum absolute atomic E-state index is 11.9. The summed E-state index contributed by atoms with van der Waals surface area (Å²) in [5, 5.41) is 11.8. The molecule has 1 atom stereocenters. The highest BCUT2D eigenvalue weighted by Gasteiger charge is 2.24. The van der Waals surface area contributed by atoms with Crippen molar-refractivity contribution >= 4 is 12.1 Å². The van der Waals surface area contributed by atoms with Crippen molar-refractivity contribution < 1.29 is 33.6 Å². The predicted molar refractivity (Wildman–Crippen MR) is 135 cm³/mol. The molecule has 0 spiro atoms. The van der Waals surface area contributed by atoms with Gasteiger partial charge in [-0.25, -0.2) is 9.59 Å². The molecule has 8 nitrogen and oxygen atoms in total. The number of carboxylic acid groups (broad SMARTS) is 1. The summed E-state index contributed by atoms with van der Waals surface area (Å²) in [7, 11) is 0. The Hall–Kier alpha value is -4.20. The number of amides is 1. The Morgan fingerprint density at radius 3 is 1.81 bits per heavy atom. The Labute approximate surface area is 210 Å². The van der Waals surface area contributed by atoms with Gasteiger partial charge in [-0.05, 0) is 74.9 Å². The van der Waals surface area contributed by atoms with E-state index in [9.17, 15) is 14.7 Å². The monoisotopic (exact) mass is 493 g/mol. The van der Waals surface area contributed by atoms with Gasteiger partial charge in [0, 0.05) is 6.42 Å². The second-order valence-corrected chi connectivity index (χ2v) is 8.97. The lowest BCUT2D eigenvalue weighted by Crippen LogP contribution is -2.44. The van der Waals surface area contributed by atoms with Crippen molar-refractivity contribution in [3.63, 3.8) is 0 Å². The molecule has 3 aromatic carbocycles. The lowest BCUT2D eigenvalue weighted by atomic mass is 10.1. The average molecular weight is 494 g/mol. The van der Waals surface area contributed by atoms with E-state index >= 15 is 0 Å². The minimum atomic E-state index is -1.14. The fourth-order valence-corrected chi connectivity index (χ4v) is 3.15. The van der Waals surface area contributed by atoms with Crippen LogP contribution < -0.4 is 19.5 Å². The van der Waals surface area contributed by atoms with E-state index in [1.165, 1.54) is 0 Å². The number of aliphatic carboxylic acids is 1. The van der Waals surface area contributed by atoms with Crippen molar-refractivity contribution in [1.29, 1.82) is 0 Å². The van der Waals surface area contributed by atoms with Crippen LogP contribution in [0.15, 0.2) is 78.9 Å². The molecule has 0 radical (unpaired) electrons. The lowest BCUT2D eigenvalue weighted by molar-refractivity contribution is -0.139. The molecule has 8 heteroatoms. The van der Waals surface area contributed by atoms with Crippen LogP contribution in [0.5, 0.6) is 23.0 Å². The fraction of sp³-hybridized carbons (Fsp3) is 0.286. The van der Waals surface area contributed by atoms with Gasteiger partial charge in [-0.1, -0.05) is 30.3 Å². The molecule has 0 bridgehead atoms. The van der Waals surface area contributed by atoms with Gasteiger partial charge in [0.2, 0.25) is 0 Å². The van der Waals surface area contributed by atoms with E-state index in [0.717, 1.165) is 17.1 Å². The molecule has 0 aliphatic heterocycles. The van der Waals surface area contributed by atoms with Crippen LogP contribution in [0.4, 0.5) is 4.79 Å². The lowest BCUT2D eigenvalue weighted by Gasteiger charge is -2.22. The second-order valence-electron chi connectivity index (χ2n) is 8.97. The standard InChI is InChI=1S/C28H31NO7/c1-28(2,3)36-27(32)29-25(26(30)31)19-20-9-11-21(12-10-20)33-17-18-34-22-13-15-24(16-14-22)35-23-7-5-4-6-8-23/h4-16,25H,17-19H2,1-3H3,(H,29,32)(H,30,31)/t25-/m0/s1. The molecule has 0 aliphatic carbocycles. The maximum atomic E-state index is 11.9. The average Bonchev–Trinajstić information content (AvgIpc) is 2.83. The van der Waals surface area contributed by atoms with Crippen molar-refractivity contribution in [1.82, 2.24) is 5.32 Å². The van der Waals surface area contributed by atoms with Crippen LogP contribution in [0.2, 0.25) is 0 Å². The summed E-state index contributed by atoms with van der Waals surface area (Å²) in [6.45, 7) is 5.82. The molecule has 0 heterocycles. The van der Waals surface area contributed by atoms with E-state index in [1.54, 1.807) is 45.0 Å². The van der Waals surface area contributed by atoms with E-state index in [2.05, 4.69) is 5.32 Å². The molecule has 0 aromatic heterocycles. The zero-order chi connectivity index (χ0) is 26.0. The van der Waals surface area contributed by atoms with E-state index in [1.807, 2.05) is 54.6 Å². The number of hydrogen-bond acceptors (Lipinski definition) is 6. The summed E-state index contributed by atoms with van der Waals surface area (Å²) in [6.07, 6.45) is -0.657. The number of hydrogen-bond donors (Lipinski definition) is 2. The summed E-state index contributed by atoms with van der Waals surface area (Å²) in [4.78, 5) is 23.5. The molecule has 190 valence electrons. The Balaban J connectivity index is 1.41. The quantitative estimate of drug-likeness (QED) is 0.342. The van der Waals surface area contributed by atoms with Crippen LogP contribution in [0.3, 0.4) is 0 Å². The molecule has 2 N–H and O–H groups in total. The molecule has 0 unspecified atom stereocenters. The van der Waals surface area contributed by atoms with E-state index in [4.69, 9.17) is 18.9 Å². The summed E-state index contributed by atoms with van der Waals surface area (Å²) >= 11 is 0. The van der Waals surface area contributed by atoms with Crippen molar-refractivity contribution in [3.8, 4) is 23.0 Å². The Morgan fingerprint density at radius 1 is 0.778 bits per heavy atom. The third-order valence-electron chi connectivity index (χ3n) is 4.78. The van der Waals surface area contributed by atoms with Crippen LogP contribution in [0.1, 0.15) is 26.3 Å². The number of carbonyl (C=O) groups is 2. The first-order valence-corrected chi connectivity index (χ1v) is 11.6. The molecule has 3 rings (SSSR count). The van der Waals surface area contributed by atoms with Crippen LogP contribution in [0, 0.1) is 0 Å². The zero-order valence-electron chi connectivity index (χ0n) is 20.6. The van der Waals surface area contributed by atoms with Gasteiger partial charge in [0.25, 0.3) is 0 Å². The largest absolute Gasteiger partial charge is 0.490 e. The molecule has 1 amide bonds. The number of carboxylic acids is 1. The minimum absolute atomic E-state index is 0.113. The number of para-hydroxylation sites is 1. The van der Waals surface area contributed by atoms with Crippen LogP contribution in [-0.4, -0.2) is 42.0 Å². The van der Waals surface area contributed by atoms with Gasteiger partial charge < -0.3 is 29.4 Å². The van der Waals surface area contributed by atoms with Crippen LogP contribution in [-0.2, 0) is 16.0 Å². The fourth-order valence-electron chi connectivity index (χ4n) is 3.15. The van der Waals surface area contributed by atoms with Gasteiger partial charge in [-0.15, -0.1) is 0 Å². The maximum Gasteiger partial charge on any atom is 0.408 e. The summed E-state index contributed by atoms with van der Waals surface area (Å²) < 4.78 is 22.3. The van der Waals surface area contributed by atoms with Gasteiger partial charge in [0.1, 0.15) is 47.9 Å². The number of nitrogens with one attached hydrogen (secondary N) is 1. The second kappa shape index (κ2) is 12.5. The zero-order valence-corrected chi connectivity index (χ0v) is 20.6. The first-order valence-electron chi connectivity index (χ1n) is 11.6. The van der Waals surface area contributed by atoms with Crippen LogP contribution in [0.25, 0.3) is 0 Å². The summed E-state index contributed by atoms with van der Waals surface area (Å²) in [5.74, 6) is 1.67. The Morgan fingerprint density at radius 2 is 1.28 bits per heavy atom. The Bertz CT molecular complexity index is 1110. The third-order valence-corrected chi connectivity index (χ3v) is 4.78. The topological polar surface area (TPSA) is 103 Å². The molecule has 0 aliphatic rings. The first kappa shape index (κ1) is 26.4. The van der Waals surface area contributed by atoms with E-state index < -0.39 is 23.7 Å².